The monoisotopic (exact) mass is 186 g/mol. The molecule has 1 saturated heterocycles. The third-order valence-electron chi connectivity index (χ3n) is 2.65. The molecule has 1 heterocycles. The SMILES string of the molecule is C[C@@H]1CNCCN1CCC(C)(C)O. The minimum Gasteiger partial charge on any atom is -0.390 e. The molecule has 3 heteroatoms. The van der Waals surface area contributed by atoms with Gasteiger partial charge >= 0.3 is 0 Å². The van der Waals surface area contributed by atoms with E-state index in [0.717, 1.165) is 32.6 Å². The van der Waals surface area contributed by atoms with Crippen LogP contribution in [-0.4, -0.2) is 47.8 Å². The van der Waals surface area contributed by atoms with Crippen LogP contribution in [0, 0.1) is 0 Å². The summed E-state index contributed by atoms with van der Waals surface area (Å²) in [6.45, 7) is 10.3. The van der Waals surface area contributed by atoms with Crippen molar-refractivity contribution in [2.24, 2.45) is 0 Å². The molecule has 1 fully saturated rings. The summed E-state index contributed by atoms with van der Waals surface area (Å²) < 4.78 is 0. The topological polar surface area (TPSA) is 35.5 Å². The molecule has 1 aliphatic rings. The highest BCUT2D eigenvalue weighted by molar-refractivity contribution is 4.78. The highest BCUT2D eigenvalue weighted by atomic mass is 16.3. The average Bonchev–Trinajstić information content (AvgIpc) is 2.01. The average molecular weight is 186 g/mol. The molecule has 1 rings (SSSR count). The van der Waals surface area contributed by atoms with Gasteiger partial charge in [0.15, 0.2) is 0 Å². The van der Waals surface area contributed by atoms with Crippen LogP contribution in [0.4, 0.5) is 0 Å². The van der Waals surface area contributed by atoms with Crippen molar-refractivity contribution in [2.75, 3.05) is 26.2 Å². The fraction of sp³-hybridized carbons (Fsp3) is 1.00. The summed E-state index contributed by atoms with van der Waals surface area (Å²) in [6.07, 6.45) is 0.858. The third kappa shape index (κ3) is 4.07. The summed E-state index contributed by atoms with van der Waals surface area (Å²) in [6, 6.07) is 0.607. The molecular weight excluding hydrogens is 164 g/mol. The minimum absolute atomic E-state index is 0.523. The summed E-state index contributed by atoms with van der Waals surface area (Å²) in [7, 11) is 0. The predicted molar refractivity (Wildman–Crippen MR) is 54.8 cm³/mol. The van der Waals surface area contributed by atoms with Gasteiger partial charge in [-0.1, -0.05) is 0 Å². The third-order valence-corrected chi connectivity index (χ3v) is 2.65. The Hall–Kier alpha value is -0.120. The second-order valence-corrected chi connectivity index (χ2v) is 4.65. The van der Waals surface area contributed by atoms with E-state index in [1.54, 1.807) is 0 Å². The van der Waals surface area contributed by atoms with Crippen LogP contribution in [0.25, 0.3) is 0 Å². The van der Waals surface area contributed by atoms with Crippen molar-refractivity contribution >= 4 is 0 Å². The lowest BCUT2D eigenvalue weighted by Gasteiger charge is -2.35. The van der Waals surface area contributed by atoms with Crippen LogP contribution >= 0.6 is 0 Å². The first-order valence-electron chi connectivity index (χ1n) is 5.16. The standard InChI is InChI=1S/C10H22N2O/c1-9-8-11-5-7-12(9)6-4-10(2,3)13/h9,11,13H,4-8H2,1-3H3/t9-/m1/s1. The molecule has 1 atom stereocenters. The van der Waals surface area contributed by atoms with Gasteiger partial charge in [-0.05, 0) is 27.2 Å². The Morgan fingerprint density at radius 3 is 2.77 bits per heavy atom. The quantitative estimate of drug-likeness (QED) is 0.671. The number of nitrogens with zero attached hydrogens (tertiary/aromatic N) is 1. The van der Waals surface area contributed by atoms with Crippen LogP contribution in [0.5, 0.6) is 0 Å². The molecule has 0 aliphatic carbocycles. The van der Waals surface area contributed by atoms with Crippen LogP contribution in [0.15, 0.2) is 0 Å². The second kappa shape index (κ2) is 4.40. The number of hydrogen-bond acceptors (Lipinski definition) is 3. The van der Waals surface area contributed by atoms with Crippen LogP contribution in [-0.2, 0) is 0 Å². The van der Waals surface area contributed by atoms with Gasteiger partial charge in [-0.25, -0.2) is 0 Å². The predicted octanol–water partition coefficient (Wildman–Crippen LogP) is 0.441. The zero-order chi connectivity index (χ0) is 9.90. The molecule has 0 amide bonds. The lowest BCUT2D eigenvalue weighted by atomic mass is 10.0. The van der Waals surface area contributed by atoms with Gasteiger partial charge in [0.05, 0.1) is 5.60 Å². The maximum Gasteiger partial charge on any atom is 0.0603 e. The summed E-state index contributed by atoms with van der Waals surface area (Å²) in [5.41, 5.74) is -0.523. The van der Waals surface area contributed by atoms with Gasteiger partial charge < -0.3 is 10.4 Å². The summed E-state index contributed by atoms with van der Waals surface area (Å²) in [5, 5.41) is 12.9. The lowest BCUT2D eigenvalue weighted by molar-refractivity contribution is 0.0485. The first kappa shape index (κ1) is 11.0. The Labute approximate surface area is 81.1 Å². The van der Waals surface area contributed by atoms with E-state index in [9.17, 15) is 5.11 Å². The van der Waals surface area contributed by atoms with Crippen LogP contribution in [0.2, 0.25) is 0 Å². The van der Waals surface area contributed by atoms with Crippen molar-refractivity contribution in [1.82, 2.24) is 10.2 Å². The maximum atomic E-state index is 9.59. The zero-order valence-electron chi connectivity index (χ0n) is 9.01. The minimum atomic E-state index is -0.523. The van der Waals surface area contributed by atoms with Gasteiger partial charge in [-0.2, -0.15) is 0 Å². The smallest absolute Gasteiger partial charge is 0.0603 e. The normalized spacial score (nSPS) is 26.3. The van der Waals surface area contributed by atoms with Crippen LogP contribution in [0.3, 0.4) is 0 Å². The first-order chi connectivity index (χ1) is 5.99. The number of piperazine rings is 1. The number of rotatable bonds is 3. The van der Waals surface area contributed by atoms with E-state index in [1.165, 1.54) is 0 Å². The largest absolute Gasteiger partial charge is 0.390 e. The van der Waals surface area contributed by atoms with Gasteiger partial charge in [0.25, 0.3) is 0 Å². The van der Waals surface area contributed by atoms with Crippen molar-refractivity contribution in [3.63, 3.8) is 0 Å². The van der Waals surface area contributed by atoms with E-state index in [4.69, 9.17) is 0 Å². The van der Waals surface area contributed by atoms with Crippen molar-refractivity contribution in [1.29, 1.82) is 0 Å². The summed E-state index contributed by atoms with van der Waals surface area (Å²) >= 11 is 0. The molecule has 78 valence electrons. The Kier molecular flexibility index (Phi) is 3.71. The Balaban J connectivity index is 2.27. The van der Waals surface area contributed by atoms with Gasteiger partial charge in [0.2, 0.25) is 0 Å². The van der Waals surface area contributed by atoms with E-state index >= 15 is 0 Å². The van der Waals surface area contributed by atoms with Crippen molar-refractivity contribution < 1.29 is 5.11 Å². The molecule has 1 aliphatic heterocycles. The molecule has 0 spiro atoms. The molecule has 3 nitrogen and oxygen atoms in total. The van der Waals surface area contributed by atoms with E-state index in [0.29, 0.717) is 6.04 Å². The van der Waals surface area contributed by atoms with E-state index < -0.39 is 5.60 Å². The van der Waals surface area contributed by atoms with E-state index in [2.05, 4.69) is 17.1 Å². The highest BCUT2D eigenvalue weighted by Gasteiger charge is 2.20. The second-order valence-electron chi connectivity index (χ2n) is 4.65. The molecule has 0 aromatic heterocycles. The summed E-state index contributed by atoms with van der Waals surface area (Å²) in [4.78, 5) is 2.44. The van der Waals surface area contributed by atoms with Crippen molar-refractivity contribution in [3.05, 3.63) is 0 Å². The van der Waals surface area contributed by atoms with Gasteiger partial charge in [0, 0.05) is 32.2 Å². The fourth-order valence-corrected chi connectivity index (χ4v) is 1.63. The van der Waals surface area contributed by atoms with Crippen molar-refractivity contribution in [3.8, 4) is 0 Å². The molecule has 0 bridgehead atoms. The lowest BCUT2D eigenvalue weighted by Crippen LogP contribution is -2.50. The van der Waals surface area contributed by atoms with Crippen molar-refractivity contribution in [2.45, 2.75) is 38.8 Å². The number of aliphatic hydroxyl groups is 1. The first-order valence-corrected chi connectivity index (χ1v) is 5.16. The number of nitrogens with one attached hydrogen (secondary N) is 1. The van der Waals surface area contributed by atoms with E-state index in [-0.39, 0.29) is 0 Å². The van der Waals surface area contributed by atoms with Crippen LogP contribution in [0.1, 0.15) is 27.2 Å². The Bertz CT molecular complexity index is 153. The summed E-state index contributed by atoms with van der Waals surface area (Å²) in [5.74, 6) is 0. The molecule has 0 unspecified atom stereocenters. The number of hydrogen-bond donors (Lipinski definition) is 2. The van der Waals surface area contributed by atoms with E-state index in [1.807, 2.05) is 13.8 Å². The molecule has 0 aromatic carbocycles. The highest BCUT2D eigenvalue weighted by Crippen LogP contribution is 2.11. The Morgan fingerprint density at radius 1 is 1.54 bits per heavy atom. The maximum absolute atomic E-state index is 9.59. The van der Waals surface area contributed by atoms with Gasteiger partial charge in [-0.3, -0.25) is 4.90 Å². The molecule has 0 radical (unpaired) electrons. The fourth-order valence-electron chi connectivity index (χ4n) is 1.63. The van der Waals surface area contributed by atoms with Crippen LogP contribution < -0.4 is 5.32 Å². The molecule has 2 N–H and O–H groups in total. The Morgan fingerprint density at radius 2 is 2.23 bits per heavy atom. The zero-order valence-corrected chi connectivity index (χ0v) is 9.01. The molecular formula is C10H22N2O. The van der Waals surface area contributed by atoms with Gasteiger partial charge in [-0.15, -0.1) is 0 Å². The molecule has 13 heavy (non-hydrogen) atoms. The molecule has 0 aromatic rings. The van der Waals surface area contributed by atoms with Gasteiger partial charge in [0.1, 0.15) is 0 Å². The molecule has 0 saturated carbocycles.